The first-order valence-corrected chi connectivity index (χ1v) is 6.35. The summed E-state index contributed by atoms with van der Waals surface area (Å²) < 4.78 is 29.2. The Bertz CT molecular complexity index is 662. The van der Waals surface area contributed by atoms with E-state index in [0.29, 0.717) is 5.69 Å². The third-order valence-electron chi connectivity index (χ3n) is 2.53. The van der Waals surface area contributed by atoms with Crippen molar-refractivity contribution in [1.29, 1.82) is 0 Å². The average molecular weight is 329 g/mol. The van der Waals surface area contributed by atoms with Crippen molar-refractivity contribution in [2.75, 3.05) is 5.32 Å². The molecule has 0 spiro atoms. The highest BCUT2D eigenvalue weighted by atomic mass is 35.5. The maximum Gasteiger partial charge on any atom is 0.487 e. The van der Waals surface area contributed by atoms with Crippen LogP contribution in [0.25, 0.3) is 0 Å². The van der Waals surface area contributed by atoms with Crippen molar-refractivity contribution in [3.8, 4) is 5.75 Å². The molecule has 6 nitrogen and oxygen atoms in total. The van der Waals surface area contributed by atoms with Gasteiger partial charge in [0.15, 0.2) is 0 Å². The largest absolute Gasteiger partial charge is 0.487 e. The minimum absolute atomic E-state index is 0.105. The number of pyridine rings is 1. The van der Waals surface area contributed by atoms with Crippen molar-refractivity contribution < 1.29 is 18.3 Å². The molecule has 0 fully saturated rings. The lowest BCUT2D eigenvalue weighted by Gasteiger charge is -2.12. The smallest absolute Gasteiger partial charge is 0.420 e. The van der Waals surface area contributed by atoms with Gasteiger partial charge in [-0.3, -0.25) is 10.2 Å². The Labute approximate surface area is 129 Å². The summed E-state index contributed by atoms with van der Waals surface area (Å²) in [6.07, 6.45) is 1.49. The van der Waals surface area contributed by atoms with E-state index in [1.165, 1.54) is 36.5 Å². The number of hydrogen-bond donors (Lipinski definition) is 3. The number of halogens is 3. The molecular formula is C13H11ClF2N4O2. The van der Waals surface area contributed by atoms with Crippen molar-refractivity contribution in [3.05, 3.63) is 48.2 Å². The number of hydrogen-bond acceptors (Lipinski definition) is 5. The number of rotatable bonds is 5. The quantitative estimate of drug-likeness (QED) is 0.340. The molecule has 0 aliphatic heterocycles. The summed E-state index contributed by atoms with van der Waals surface area (Å²) in [4.78, 5) is 15.6. The summed E-state index contributed by atoms with van der Waals surface area (Å²) in [5.74, 6) is 4.73. The molecule has 1 aromatic carbocycles. The van der Waals surface area contributed by atoms with Crippen LogP contribution in [0.2, 0.25) is 0 Å². The number of carbonyl (C=O) groups excluding carboxylic acids is 1. The predicted molar refractivity (Wildman–Crippen MR) is 77.0 cm³/mol. The number of amides is 1. The fourth-order valence-corrected chi connectivity index (χ4v) is 1.73. The van der Waals surface area contributed by atoms with Crippen molar-refractivity contribution in [2.45, 2.75) is 5.57 Å². The van der Waals surface area contributed by atoms with Gasteiger partial charge >= 0.3 is 5.57 Å². The van der Waals surface area contributed by atoms with Gasteiger partial charge in [0.1, 0.15) is 11.6 Å². The molecule has 0 bridgehead atoms. The van der Waals surface area contributed by atoms with Gasteiger partial charge in [-0.1, -0.05) is 0 Å². The highest BCUT2D eigenvalue weighted by molar-refractivity contribution is 6.20. The van der Waals surface area contributed by atoms with E-state index in [-0.39, 0.29) is 17.1 Å². The zero-order valence-electron chi connectivity index (χ0n) is 11.0. The highest BCUT2D eigenvalue weighted by Crippen LogP contribution is 2.27. The van der Waals surface area contributed by atoms with Crippen LogP contribution < -0.4 is 21.3 Å². The molecule has 4 N–H and O–H groups in total. The first-order valence-electron chi connectivity index (χ1n) is 5.98. The zero-order chi connectivity index (χ0) is 16.2. The number of nitrogen functional groups attached to an aromatic ring is 1. The number of aromatic nitrogens is 1. The summed E-state index contributed by atoms with van der Waals surface area (Å²) in [7, 11) is 0. The molecule has 0 saturated heterocycles. The van der Waals surface area contributed by atoms with Crippen molar-refractivity contribution >= 4 is 29.0 Å². The van der Waals surface area contributed by atoms with Crippen molar-refractivity contribution in [2.24, 2.45) is 5.84 Å². The van der Waals surface area contributed by atoms with Gasteiger partial charge in [0, 0.05) is 23.5 Å². The maximum atomic E-state index is 12.5. The first-order chi connectivity index (χ1) is 10.4. The summed E-state index contributed by atoms with van der Waals surface area (Å²) in [5.41, 5.74) is -1.03. The summed E-state index contributed by atoms with van der Waals surface area (Å²) >= 11 is 4.67. The molecular weight excluding hydrogens is 318 g/mol. The van der Waals surface area contributed by atoms with Gasteiger partial charge in [-0.15, -0.1) is 8.78 Å². The molecule has 0 atom stereocenters. The number of benzene rings is 1. The summed E-state index contributed by atoms with van der Waals surface area (Å²) in [5, 5.41) is 2.87. The van der Waals surface area contributed by atoms with E-state index in [1.807, 2.05) is 5.43 Å². The molecule has 0 aliphatic carbocycles. The van der Waals surface area contributed by atoms with Crippen molar-refractivity contribution in [1.82, 2.24) is 10.4 Å². The van der Waals surface area contributed by atoms with Crippen LogP contribution in [-0.2, 0) is 0 Å². The minimum atomic E-state index is -3.78. The fraction of sp³-hybridized carbons (Fsp3) is 0.0769. The Hall–Kier alpha value is -2.45. The summed E-state index contributed by atoms with van der Waals surface area (Å²) in [6, 6.07) is 8.64. The molecule has 0 aliphatic rings. The molecule has 9 heteroatoms. The van der Waals surface area contributed by atoms with E-state index in [9.17, 15) is 13.6 Å². The number of nitrogens with zero attached hydrogens (tertiary/aromatic N) is 1. The number of anilines is 2. The lowest BCUT2D eigenvalue weighted by atomic mass is 10.2. The van der Waals surface area contributed by atoms with E-state index in [0.717, 1.165) is 0 Å². The van der Waals surface area contributed by atoms with Crippen LogP contribution in [0, 0.1) is 0 Å². The molecule has 1 heterocycles. The van der Waals surface area contributed by atoms with Gasteiger partial charge in [0.05, 0.1) is 5.56 Å². The number of nitrogens with one attached hydrogen (secondary N) is 2. The van der Waals surface area contributed by atoms with E-state index in [2.05, 4.69) is 26.6 Å². The number of alkyl halides is 3. The van der Waals surface area contributed by atoms with Crippen LogP contribution in [0.15, 0.2) is 42.6 Å². The van der Waals surface area contributed by atoms with Gasteiger partial charge in [-0.2, -0.15) is 0 Å². The topological polar surface area (TPSA) is 89.3 Å². The van der Waals surface area contributed by atoms with Crippen LogP contribution >= 0.6 is 11.6 Å². The minimum Gasteiger partial charge on any atom is -0.420 e. The third kappa shape index (κ3) is 4.27. The number of nitrogens with two attached hydrogens (primary N) is 1. The van der Waals surface area contributed by atoms with Crippen LogP contribution in [0.5, 0.6) is 5.75 Å². The van der Waals surface area contributed by atoms with E-state index in [4.69, 9.17) is 5.84 Å². The second-order valence-corrected chi connectivity index (χ2v) is 4.51. The lowest BCUT2D eigenvalue weighted by molar-refractivity contribution is -0.0964. The van der Waals surface area contributed by atoms with Crippen LogP contribution in [0.3, 0.4) is 0 Å². The molecule has 2 rings (SSSR count). The van der Waals surface area contributed by atoms with Gasteiger partial charge in [0.25, 0.3) is 5.91 Å². The van der Waals surface area contributed by atoms with Gasteiger partial charge in [-0.05, 0) is 36.4 Å². The van der Waals surface area contributed by atoms with E-state index in [1.54, 1.807) is 6.07 Å². The number of hydrazine groups is 1. The molecule has 1 amide bonds. The van der Waals surface area contributed by atoms with Crippen LogP contribution in [-0.4, -0.2) is 16.5 Å². The fourth-order valence-electron chi connectivity index (χ4n) is 1.64. The number of carbonyl (C=O) groups is 1. The molecule has 0 radical (unpaired) electrons. The second kappa shape index (κ2) is 6.54. The monoisotopic (exact) mass is 328 g/mol. The Morgan fingerprint density at radius 3 is 2.55 bits per heavy atom. The van der Waals surface area contributed by atoms with Gasteiger partial charge in [0.2, 0.25) is 0 Å². The molecule has 2 aromatic rings. The lowest BCUT2D eigenvalue weighted by Crippen LogP contribution is -2.30. The second-order valence-electron chi connectivity index (χ2n) is 4.07. The molecule has 1 aromatic heterocycles. The molecule has 0 unspecified atom stereocenters. The van der Waals surface area contributed by atoms with E-state index < -0.39 is 11.5 Å². The molecule has 0 saturated carbocycles. The zero-order valence-corrected chi connectivity index (χ0v) is 11.8. The Balaban J connectivity index is 2.16. The third-order valence-corrected chi connectivity index (χ3v) is 2.61. The summed E-state index contributed by atoms with van der Waals surface area (Å²) in [6.45, 7) is 0. The normalized spacial score (nSPS) is 10.9. The number of ether oxygens (including phenoxy) is 1. The molecule has 22 heavy (non-hydrogen) atoms. The average Bonchev–Trinajstić information content (AvgIpc) is 2.47. The predicted octanol–water partition coefficient (Wildman–Crippen LogP) is 2.60. The highest BCUT2D eigenvalue weighted by Gasteiger charge is 2.27. The van der Waals surface area contributed by atoms with Gasteiger partial charge in [-0.25, -0.2) is 10.8 Å². The molecule has 116 valence electrons. The standard InChI is InChI=1S/C13H11ClF2N4O2/c14-13(15,16)22-9-5-3-8(4-6-9)19-11-10(12(21)20-17)2-1-7-18-11/h1-7H,17H2,(H,18,19)(H,20,21). The van der Waals surface area contributed by atoms with Crippen LogP contribution in [0.4, 0.5) is 20.3 Å². The SMILES string of the molecule is NNC(=O)c1cccnc1Nc1ccc(OC(F)(F)Cl)cc1. The maximum absolute atomic E-state index is 12.5. The first kappa shape index (κ1) is 15.9. The van der Waals surface area contributed by atoms with Crippen LogP contribution in [0.1, 0.15) is 10.4 Å². The Morgan fingerprint density at radius 2 is 1.95 bits per heavy atom. The van der Waals surface area contributed by atoms with E-state index >= 15 is 0 Å². The van der Waals surface area contributed by atoms with Crippen molar-refractivity contribution in [3.63, 3.8) is 0 Å². The Morgan fingerprint density at radius 1 is 1.27 bits per heavy atom. The Kier molecular flexibility index (Phi) is 4.74. The van der Waals surface area contributed by atoms with Gasteiger partial charge < -0.3 is 10.1 Å².